The zero-order valence-corrected chi connectivity index (χ0v) is 16.2. The number of carbonyl (C=O) groups excluding carboxylic acids is 2. The lowest BCUT2D eigenvalue weighted by Gasteiger charge is -2.06. The van der Waals surface area contributed by atoms with Gasteiger partial charge in [0.2, 0.25) is 0 Å². The highest BCUT2D eigenvalue weighted by molar-refractivity contribution is 7.19. The Labute approximate surface area is 166 Å². The Hall–Kier alpha value is -3.39. The van der Waals surface area contributed by atoms with Gasteiger partial charge in [-0.2, -0.15) is 0 Å². The number of methoxy groups -OCH3 is 1. The van der Waals surface area contributed by atoms with Gasteiger partial charge in [-0.05, 0) is 35.4 Å². The normalized spacial score (nSPS) is 10.2. The first kappa shape index (κ1) is 19.4. The molecule has 1 aromatic heterocycles. The molecular formula is C20H19N3O4S. The minimum absolute atomic E-state index is 0.141. The maximum atomic E-state index is 12.0. The number of anilines is 1. The number of hydrogen-bond donors (Lipinski definition) is 2. The highest BCUT2D eigenvalue weighted by Crippen LogP contribution is 2.29. The van der Waals surface area contributed by atoms with Gasteiger partial charge in [0.1, 0.15) is 12.4 Å². The van der Waals surface area contributed by atoms with Crippen LogP contribution in [0.3, 0.4) is 0 Å². The summed E-state index contributed by atoms with van der Waals surface area (Å²) in [6.45, 7) is 0.141. The molecule has 2 amide bonds. The molecule has 2 N–H and O–H groups in total. The van der Waals surface area contributed by atoms with Crippen molar-refractivity contribution < 1.29 is 19.1 Å². The molecule has 7 nitrogen and oxygen atoms in total. The Morgan fingerprint density at radius 3 is 2.64 bits per heavy atom. The van der Waals surface area contributed by atoms with Crippen LogP contribution in [-0.4, -0.2) is 31.1 Å². The van der Waals surface area contributed by atoms with Crippen LogP contribution >= 0.6 is 11.3 Å². The molecule has 8 heteroatoms. The van der Waals surface area contributed by atoms with Crippen LogP contribution in [0.15, 0.2) is 54.7 Å². The lowest BCUT2D eigenvalue weighted by Crippen LogP contribution is -2.17. The van der Waals surface area contributed by atoms with Crippen molar-refractivity contribution in [1.82, 2.24) is 10.3 Å². The topological polar surface area (TPSA) is 89.6 Å². The fraction of sp³-hybridized carbons (Fsp3) is 0.150. The molecule has 0 aliphatic heterocycles. The standard InChI is InChI=1S/C20H19N3O4S/c1-21-18(24)15-5-3-4-14(10-15)17-11-22-19(28-17)23-20(25)27-12-13-6-8-16(26-2)9-7-13/h3-11H,12H2,1-2H3,(H,21,24)(H,22,23,25). The number of aromatic nitrogens is 1. The molecule has 1 heterocycles. The van der Waals surface area contributed by atoms with Gasteiger partial charge < -0.3 is 14.8 Å². The first-order valence-corrected chi connectivity index (χ1v) is 9.25. The van der Waals surface area contributed by atoms with Crippen molar-refractivity contribution in [2.24, 2.45) is 0 Å². The first-order valence-electron chi connectivity index (χ1n) is 8.44. The molecule has 3 rings (SSSR count). The molecule has 0 unspecified atom stereocenters. The van der Waals surface area contributed by atoms with Crippen LogP contribution in [0.25, 0.3) is 10.4 Å². The minimum atomic E-state index is -0.587. The second kappa shape index (κ2) is 9.01. The Kier molecular flexibility index (Phi) is 6.23. The van der Waals surface area contributed by atoms with Crippen molar-refractivity contribution in [3.63, 3.8) is 0 Å². The molecule has 0 fully saturated rings. The second-order valence-corrected chi connectivity index (χ2v) is 6.77. The van der Waals surface area contributed by atoms with Gasteiger partial charge in [-0.1, -0.05) is 35.6 Å². The largest absolute Gasteiger partial charge is 0.497 e. The summed E-state index contributed by atoms with van der Waals surface area (Å²) in [5, 5.41) is 5.63. The van der Waals surface area contributed by atoms with Crippen molar-refractivity contribution in [2.45, 2.75) is 6.61 Å². The molecule has 0 aliphatic carbocycles. The van der Waals surface area contributed by atoms with Crippen LogP contribution in [0.4, 0.5) is 9.93 Å². The number of benzene rings is 2. The SMILES string of the molecule is CNC(=O)c1cccc(-c2cnc(NC(=O)OCc3ccc(OC)cc3)s2)c1. The Morgan fingerprint density at radius 1 is 1.14 bits per heavy atom. The predicted molar refractivity (Wildman–Crippen MR) is 108 cm³/mol. The number of carbonyl (C=O) groups is 2. The van der Waals surface area contributed by atoms with E-state index in [1.807, 2.05) is 18.2 Å². The van der Waals surface area contributed by atoms with Gasteiger partial charge >= 0.3 is 6.09 Å². The van der Waals surface area contributed by atoms with Gasteiger partial charge in [0.05, 0.1) is 12.0 Å². The summed E-state index contributed by atoms with van der Waals surface area (Å²) in [5.74, 6) is 0.579. The van der Waals surface area contributed by atoms with Crippen LogP contribution in [0.1, 0.15) is 15.9 Å². The summed E-state index contributed by atoms with van der Waals surface area (Å²) in [6, 6.07) is 14.5. The van der Waals surface area contributed by atoms with Crippen LogP contribution in [0.2, 0.25) is 0 Å². The molecule has 2 aromatic carbocycles. The Balaban J connectivity index is 1.59. The van der Waals surface area contributed by atoms with E-state index in [9.17, 15) is 9.59 Å². The van der Waals surface area contributed by atoms with E-state index in [0.717, 1.165) is 21.8 Å². The smallest absolute Gasteiger partial charge is 0.413 e. The van der Waals surface area contributed by atoms with Crippen molar-refractivity contribution in [1.29, 1.82) is 0 Å². The van der Waals surface area contributed by atoms with E-state index in [2.05, 4.69) is 15.6 Å². The van der Waals surface area contributed by atoms with E-state index < -0.39 is 6.09 Å². The lowest BCUT2D eigenvalue weighted by molar-refractivity contribution is 0.0963. The van der Waals surface area contributed by atoms with Gasteiger partial charge in [0.25, 0.3) is 5.91 Å². The van der Waals surface area contributed by atoms with E-state index in [1.54, 1.807) is 50.7 Å². The quantitative estimate of drug-likeness (QED) is 0.658. The van der Waals surface area contributed by atoms with Gasteiger partial charge in [-0.3, -0.25) is 10.1 Å². The molecule has 0 atom stereocenters. The summed E-state index contributed by atoms with van der Waals surface area (Å²) < 4.78 is 10.3. The molecule has 3 aromatic rings. The molecule has 0 spiro atoms. The van der Waals surface area contributed by atoms with E-state index in [4.69, 9.17) is 9.47 Å². The van der Waals surface area contributed by atoms with Crippen molar-refractivity contribution in [3.8, 4) is 16.2 Å². The fourth-order valence-corrected chi connectivity index (χ4v) is 3.22. The second-order valence-electron chi connectivity index (χ2n) is 5.74. The van der Waals surface area contributed by atoms with Crippen LogP contribution in [-0.2, 0) is 11.3 Å². The molecule has 0 radical (unpaired) electrons. The first-order chi connectivity index (χ1) is 13.6. The molecule has 0 aliphatic rings. The maximum Gasteiger partial charge on any atom is 0.413 e. The van der Waals surface area contributed by atoms with Crippen molar-refractivity contribution in [3.05, 3.63) is 65.9 Å². The Bertz CT molecular complexity index is 970. The molecular weight excluding hydrogens is 378 g/mol. The third-order valence-electron chi connectivity index (χ3n) is 3.88. The average molecular weight is 397 g/mol. The molecule has 0 saturated carbocycles. The van der Waals surface area contributed by atoms with E-state index >= 15 is 0 Å². The Morgan fingerprint density at radius 2 is 1.93 bits per heavy atom. The molecule has 28 heavy (non-hydrogen) atoms. The molecule has 0 bridgehead atoms. The summed E-state index contributed by atoms with van der Waals surface area (Å²) in [7, 11) is 3.18. The van der Waals surface area contributed by atoms with Crippen LogP contribution in [0.5, 0.6) is 5.75 Å². The zero-order chi connectivity index (χ0) is 19.9. The van der Waals surface area contributed by atoms with Gasteiger partial charge in [0.15, 0.2) is 5.13 Å². The number of amides is 2. The number of nitrogens with one attached hydrogen (secondary N) is 2. The summed E-state index contributed by atoms with van der Waals surface area (Å²) in [4.78, 5) is 28.8. The number of ether oxygens (including phenoxy) is 2. The van der Waals surface area contributed by atoms with E-state index in [1.165, 1.54) is 11.3 Å². The number of thiazole rings is 1. The van der Waals surface area contributed by atoms with Gasteiger partial charge in [-0.25, -0.2) is 9.78 Å². The average Bonchev–Trinajstić information content (AvgIpc) is 3.20. The van der Waals surface area contributed by atoms with E-state index in [0.29, 0.717) is 10.7 Å². The van der Waals surface area contributed by atoms with Crippen molar-refractivity contribution >= 4 is 28.5 Å². The summed E-state index contributed by atoms with van der Waals surface area (Å²) >= 11 is 1.30. The van der Waals surface area contributed by atoms with Gasteiger partial charge in [-0.15, -0.1) is 0 Å². The third kappa shape index (κ3) is 4.86. The van der Waals surface area contributed by atoms with Crippen LogP contribution in [0, 0.1) is 0 Å². The number of rotatable bonds is 6. The van der Waals surface area contributed by atoms with Crippen molar-refractivity contribution in [2.75, 3.05) is 19.5 Å². The number of nitrogens with zero attached hydrogens (tertiary/aromatic N) is 1. The van der Waals surface area contributed by atoms with Gasteiger partial charge in [0, 0.05) is 18.8 Å². The summed E-state index contributed by atoms with van der Waals surface area (Å²) in [5.41, 5.74) is 2.25. The summed E-state index contributed by atoms with van der Waals surface area (Å²) in [6.07, 6.45) is 1.06. The lowest BCUT2D eigenvalue weighted by atomic mass is 10.1. The fourth-order valence-electron chi connectivity index (χ4n) is 2.42. The minimum Gasteiger partial charge on any atom is -0.497 e. The number of hydrogen-bond acceptors (Lipinski definition) is 6. The third-order valence-corrected chi connectivity index (χ3v) is 4.84. The predicted octanol–water partition coefficient (Wildman–Crippen LogP) is 3.93. The van der Waals surface area contributed by atoms with Crippen LogP contribution < -0.4 is 15.4 Å². The van der Waals surface area contributed by atoms with E-state index in [-0.39, 0.29) is 12.5 Å². The highest BCUT2D eigenvalue weighted by Gasteiger charge is 2.11. The highest BCUT2D eigenvalue weighted by atomic mass is 32.1. The monoisotopic (exact) mass is 397 g/mol. The maximum absolute atomic E-state index is 12.0. The molecule has 0 saturated heterocycles. The molecule has 144 valence electrons. The zero-order valence-electron chi connectivity index (χ0n) is 15.4.